The normalized spacial score (nSPS) is 17.6. The number of urea groups is 1. The molecular formula is C13H23N3O4. The van der Waals surface area contributed by atoms with Crippen molar-refractivity contribution < 1.29 is 19.5 Å². The Morgan fingerprint density at radius 2 is 2.10 bits per heavy atom. The van der Waals surface area contributed by atoms with Crippen molar-refractivity contribution in [2.24, 2.45) is 0 Å². The van der Waals surface area contributed by atoms with Crippen molar-refractivity contribution >= 4 is 17.9 Å². The van der Waals surface area contributed by atoms with Crippen LogP contribution >= 0.6 is 0 Å². The monoisotopic (exact) mass is 285 g/mol. The highest BCUT2D eigenvalue weighted by atomic mass is 16.4. The van der Waals surface area contributed by atoms with Gasteiger partial charge in [-0.2, -0.15) is 0 Å². The van der Waals surface area contributed by atoms with Gasteiger partial charge in [0.15, 0.2) is 0 Å². The van der Waals surface area contributed by atoms with Crippen LogP contribution in [-0.4, -0.2) is 65.5 Å². The van der Waals surface area contributed by atoms with Gasteiger partial charge in [0, 0.05) is 20.1 Å². The molecule has 0 bridgehead atoms. The van der Waals surface area contributed by atoms with E-state index in [1.165, 1.54) is 4.90 Å². The number of aliphatic carboxylic acids is 1. The molecule has 114 valence electrons. The highest BCUT2D eigenvalue weighted by Crippen LogP contribution is 2.05. The Kier molecular flexibility index (Phi) is 6.27. The molecule has 0 aliphatic carbocycles. The molecule has 1 aliphatic rings. The third-order valence-electron chi connectivity index (χ3n) is 3.40. The van der Waals surface area contributed by atoms with Gasteiger partial charge in [0.05, 0.1) is 0 Å². The summed E-state index contributed by atoms with van der Waals surface area (Å²) in [7, 11) is 1.70. The zero-order chi connectivity index (χ0) is 15.1. The Labute approximate surface area is 118 Å². The third-order valence-corrected chi connectivity index (χ3v) is 3.40. The second kappa shape index (κ2) is 7.72. The molecule has 7 heteroatoms. The smallest absolute Gasteiger partial charge is 0.326 e. The summed E-state index contributed by atoms with van der Waals surface area (Å²) in [6.07, 6.45) is 2.70. The maximum atomic E-state index is 12.1. The largest absolute Gasteiger partial charge is 0.480 e. The highest BCUT2D eigenvalue weighted by molar-refractivity contribution is 5.86. The van der Waals surface area contributed by atoms with Crippen molar-refractivity contribution in [2.75, 3.05) is 26.7 Å². The van der Waals surface area contributed by atoms with Gasteiger partial charge < -0.3 is 20.2 Å². The Balaban J connectivity index is 2.59. The fourth-order valence-corrected chi connectivity index (χ4v) is 2.07. The minimum Gasteiger partial charge on any atom is -0.480 e. The molecular weight excluding hydrogens is 262 g/mol. The van der Waals surface area contributed by atoms with Crippen LogP contribution in [0.5, 0.6) is 0 Å². The summed E-state index contributed by atoms with van der Waals surface area (Å²) in [5.41, 5.74) is 0. The van der Waals surface area contributed by atoms with Crippen molar-refractivity contribution in [3.8, 4) is 0 Å². The first-order chi connectivity index (χ1) is 9.45. The molecule has 0 radical (unpaired) electrons. The zero-order valence-corrected chi connectivity index (χ0v) is 12.1. The molecule has 1 rings (SSSR count). The van der Waals surface area contributed by atoms with Crippen LogP contribution in [0.1, 0.15) is 32.6 Å². The number of carbonyl (C=O) groups excluding carboxylic acids is 2. The summed E-state index contributed by atoms with van der Waals surface area (Å²) in [6.45, 7) is 3.04. The van der Waals surface area contributed by atoms with Crippen LogP contribution in [-0.2, 0) is 9.59 Å². The van der Waals surface area contributed by atoms with Crippen LogP contribution in [0.3, 0.4) is 0 Å². The fraction of sp³-hybridized carbons (Fsp3) is 0.769. The van der Waals surface area contributed by atoms with Gasteiger partial charge in [-0.15, -0.1) is 0 Å². The number of likely N-dealkylation sites (N-methyl/N-ethyl adjacent to an activating group) is 1. The summed E-state index contributed by atoms with van der Waals surface area (Å²) in [5, 5.41) is 11.6. The predicted molar refractivity (Wildman–Crippen MR) is 73.3 cm³/mol. The Morgan fingerprint density at radius 3 is 2.70 bits per heavy atom. The summed E-state index contributed by atoms with van der Waals surface area (Å²) in [5.74, 6) is -1.16. The van der Waals surface area contributed by atoms with Crippen LogP contribution in [0, 0.1) is 0 Å². The van der Waals surface area contributed by atoms with Crippen molar-refractivity contribution in [3.05, 3.63) is 0 Å². The van der Waals surface area contributed by atoms with Crippen LogP contribution < -0.4 is 5.32 Å². The molecule has 1 fully saturated rings. The average molecular weight is 285 g/mol. The fourth-order valence-electron chi connectivity index (χ4n) is 2.07. The third kappa shape index (κ3) is 4.71. The van der Waals surface area contributed by atoms with Gasteiger partial charge in [0.1, 0.15) is 12.6 Å². The number of carbonyl (C=O) groups is 3. The second-order valence-electron chi connectivity index (χ2n) is 5.07. The molecule has 0 saturated carbocycles. The maximum absolute atomic E-state index is 12.1. The molecule has 7 nitrogen and oxygen atoms in total. The topological polar surface area (TPSA) is 90.0 Å². The van der Waals surface area contributed by atoms with Crippen LogP contribution in [0.15, 0.2) is 0 Å². The lowest BCUT2D eigenvalue weighted by Crippen LogP contribution is -2.49. The Bertz CT molecular complexity index is 373. The average Bonchev–Trinajstić information content (AvgIpc) is 2.56. The van der Waals surface area contributed by atoms with E-state index in [0.717, 1.165) is 12.8 Å². The first-order valence-corrected chi connectivity index (χ1v) is 6.98. The minimum absolute atomic E-state index is 0.00243. The molecule has 1 atom stereocenters. The summed E-state index contributed by atoms with van der Waals surface area (Å²) in [4.78, 5) is 37.8. The van der Waals surface area contributed by atoms with Crippen LogP contribution in [0.4, 0.5) is 4.79 Å². The van der Waals surface area contributed by atoms with E-state index in [4.69, 9.17) is 5.11 Å². The van der Waals surface area contributed by atoms with Crippen molar-refractivity contribution in [1.29, 1.82) is 0 Å². The standard InChI is InChI=1S/C13H23N3O4/c1-3-4-6-10(12(18)19)14-13(20)16-8-5-7-15(2)11(17)9-16/h10H,3-9H2,1-2H3,(H,14,20)(H,18,19)/t10-/m0/s1. The number of unbranched alkanes of at least 4 members (excludes halogenated alkanes) is 1. The molecule has 0 aromatic heterocycles. The van der Waals surface area contributed by atoms with E-state index >= 15 is 0 Å². The number of rotatable bonds is 5. The van der Waals surface area contributed by atoms with Gasteiger partial charge in [-0.25, -0.2) is 9.59 Å². The number of nitrogens with one attached hydrogen (secondary N) is 1. The first kappa shape index (κ1) is 16.3. The lowest BCUT2D eigenvalue weighted by atomic mass is 10.1. The van der Waals surface area contributed by atoms with E-state index in [1.807, 2.05) is 6.92 Å². The second-order valence-corrected chi connectivity index (χ2v) is 5.07. The van der Waals surface area contributed by atoms with E-state index in [9.17, 15) is 14.4 Å². The van der Waals surface area contributed by atoms with Crippen molar-refractivity contribution in [3.63, 3.8) is 0 Å². The lowest BCUT2D eigenvalue weighted by Gasteiger charge is -2.23. The number of nitrogens with zero attached hydrogens (tertiary/aromatic N) is 2. The molecule has 0 aromatic carbocycles. The molecule has 2 N–H and O–H groups in total. The minimum atomic E-state index is -1.04. The SMILES string of the molecule is CCCC[C@H](NC(=O)N1CCCN(C)C(=O)C1)C(=O)O. The zero-order valence-electron chi connectivity index (χ0n) is 12.1. The Morgan fingerprint density at radius 1 is 1.40 bits per heavy atom. The van der Waals surface area contributed by atoms with E-state index in [0.29, 0.717) is 25.9 Å². The molecule has 1 saturated heterocycles. The number of hydrogen-bond acceptors (Lipinski definition) is 3. The summed E-state index contributed by atoms with van der Waals surface area (Å²) < 4.78 is 0. The predicted octanol–water partition coefficient (Wildman–Crippen LogP) is 0.504. The van der Waals surface area contributed by atoms with Gasteiger partial charge in [-0.05, 0) is 12.8 Å². The van der Waals surface area contributed by atoms with Crippen molar-refractivity contribution in [2.45, 2.75) is 38.6 Å². The summed E-state index contributed by atoms with van der Waals surface area (Å²) >= 11 is 0. The van der Waals surface area contributed by atoms with E-state index in [1.54, 1.807) is 11.9 Å². The molecule has 1 aliphatic heterocycles. The quantitative estimate of drug-likeness (QED) is 0.770. The molecule has 20 heavy (non-hydrogen) atoms. The van der Waals surface area contributed by atoms with Gasteiger partial charge in [0.2, 0.25) is 5.91 Å². The van der Waals surface area contributed by atoms with Gasteiger partial charge in [0.25, 0.3) is 0 Å². The first-order valence-electron chi connectivity index (χ1n) is 6.98. The highest BCUT2D eigenvalue weighted by Gasteiger charge is 2.26. The number of carboxylic acid groups (broad SMARTS) is 1. The van der Waals surface area contributed by atoms with Gasteiger partial charge in [-0.1, -0.05) is 19.8 Å². The van der Waals surface area contributed by atoms with E-state index < -0.39 is 18.0 Å². The summed E-state index contributed by atoms with van der Waals surface area (Å²) in [6, 6.07) is -1.37. The Hall–Kier alpha value is -1.79. The lowest BCUT2D eigenvalue weighted by molar-refractivity contribution is -0.139. The molecule has 3 amide bonds. The van der Waals surface area contributed by atoms with E-state index in [2.05, 4.69) is 5.32 Å². The molecule has 0 unspecified atom stereocenters. The molecule has 0 spiro atoms. The number of amides is 3. The maximum Gasteiger partial charge on any atom is 0.326 e. The van der Waals surface area contributed by atoms with E-state index in [-0.39, 0.29) is 12.5 Å². The van der Waals surface area contributed by atoms with Gasteiger partial charge >= 0.3 is 12.0 Å². The molecule has 0 aromatic rings. The molecule has 1 heterocycles. The number of carboxylic acids is 1. The van der Waals surface area contributed by atoms with Crippen molar-refractivity contribution in [1.82, 2.24) is 15.1 Å². The van der Waals surface area contributed by atoms with Gasteiger partial charge in [-0.3, -0.25) is 4.79 Å². The van der Waals surface area contributed by atoms with Crippen LogP contribution in [0.25, 0.3) is 0 Å². The van der Waals surface area contributed by atoms with Crippen LogP contribution in [0.2, 0.25) is 0 Å². The number of hydrogen-bond donors (Lipinski definition) is 2.